The third-order valence-corrected chi connectivity index (χ3v) is 3.83. The zero-order chi connectivity index (χ0) is 15.0. The smallest absolute Gasteiger partial charge is 0.307 e. The van der Waals surface area contributed by atoms with E-state index >= 15 is 0 Å². The molecule has 0 bridgehead atoms. The number of halogens is 1. The topological polar surface area (TPSA) is 88.0 Å². The molecular weight excluding hydrogens is 281 g/mol. The lowest BCUT2D eigenvalue weighted by Gasteiger charge is -2.19. The summed E-state index contributed by atoms with van der Waals surface area (Å²) >= 11 is 0. The molecule has 2 aliphatic rings. The number of aliphatic carboxylic acids is 1. The predicted molar refractivity (Wildman–Crippen MR) is 70.2 cm³/mol. The van der Waals surface area contributed by atoms with Crippen LogP contribution in [0.5, 0.6) is 17.2 Å². The second-order valence-electron chi connectivity index (χ2n) is 5.23. The lowest BCUT2D eigenvalue weighted by molar-refractivity contribution is -0.141. The van der Waals surface area contributed by atoms with Crippen molar-refractivity contribution in [2.45, 2.75) is 18.9 Å². The van der Waals surface area contributed by atoms with Gasteiger partial charge in [0.1, 0.15) is 0 Å². The zero-order valence-electron chi connectivity index (χ0n) is 11.3. The second-order valence-corrected chi connectivity index (χ2v) is 5.23. The predicted octanol–water partition coefficient (Wildman–Crippen LogP) is 1.43. The van der Waals surface area contributed by atoms with E-state index in [4.69, 9.17) is 14.6 Å². The molecule has 1 fully saturated rings. The number of phenols is 1. The molecule has 0 saturated carbocycles. The third kappa shape index (κ3) is 2.49. The number of hydrogen-bond acceptors (Lipinski definition) is 5. The molecule has 2 heterocycles. The summed E-state index contributed by atoms with van der Waals surface area (Å²) in [7, 11) is 0. The van der Waals surface area contributed by atoms with Crippen LogP contribution in [-0.4, -0.2) is 35.9 Å². The van der Waals surface area contributed by atoms with E-state index in [1.807, 2.05) is 0 Å². The van der Waals surface area contributed by atoms with Crippen LogP contribution in [0.15, 0.2) is 6.07 Å². The Labute approximate surface area is 120 Å². The van der Waals surface area contributed by atoms with Crippen molar-refractivity contribution in [3.63, 3.8) is 0 Å². The number of phenolic OH excluding ortho intramolecular Hbond substituents is 1. The Balaban J connectivity index is 2.01. The molecule has 6 nitrogen and oxygen atoms in total. The summed E-state index contributed by atoms with van der Waals surface area (Å²) in [5.41, 5.74) is 0.246. The normalized spacial score (nSPS) is 24.6. The van der Waals surface area contributed by atoms with Gasteiger partial charge in [-0.2, -0.15) is 0 Å². The number of aromatic hydroxyl groups is 1. The number of hydrogen-bond donors (Lipinski definition) is 3. The van der Waals surface area contributed by atoms with Crippen LogP contribution in [0.25, 0.3) is 0 Å². The third-order valence-electron chi connectivity index (χ3n) is 3.83. The number of nitrogens with one attached hydrogen (secondary N) is 1. The number of ether oxygens (including phenoxy) is 2. The van der Waals surface area contributed by atoms with Crippen LogP contribution in [0.1, 0.15) is 24.4 Å². The van der Waals surface area contributed by atoms with Gasteiger partial charge in [0.2, 0.25) is 0 Å². The second kappa shape index (κ2) is 5.40. The molecule has 3 N–H and O–H groups in total. The molecule has 1 saturated heterocycles. The Morgan fingerprint density at radius 2 is 2.14 bits per heavy atom. The average molecular weight is 297 g/mol. The number of carboxylic acids is 1. The fourth-order valence-corrected chi connectivity index (χ4v) is 2.76. The van der Waals surface area contributed by atoms with E-state index in [-0.39, 0.29) is 24.3 Å². The Morgan fingerprint density at radius 3 is 2.86 bits per heavy atom. The lowest BCUT2D eigenvalue weighted by atomic mass is 9.98. The molecule has 0 radical (unpaired) electrons. The molecule has 3 rings (SSSR count). The van der Waals surface area contributed by atoms with Gasteiger partial charge < -0.3 is 25.0 Å². The van der Waals surface area contributed by atoms with Gasteiger partial charge >= 0.3 is 5.97 Å². The van der Waals surface area contributed by atoms with Gasteiger partial charge in [-0.3, -0.25) is 4.79 Å². The summed E-state index contributed by atoms with van der Waals surface area (Å²) in [5.74, 6) is -2.24. The number of rotatable bonds is 2. The first kappa shape index (κ1) is 13.9. The first-order valence-corrected chi connectivity index (χ1v) is 6.85. The van der Waals surface area contributed by atoms with Crippen molar-refractivity contribution in [2.24, 2.45) is 5.92 Å². The fraction of sp³-hybridized carbons (Fsp3) is 0.500. The number of benzene rings is 1. The minimum absolute atomic E-state index is 0.246. The minimum Gasteiger partial charge on any atom is -0.504 e. The van der Waals surface area contributed by atoms with E-state index < -0.39 is 29.5 Å². The maximum Gasteiger partial charge on any atom is 0.307 e. The first-order chi connectivity index (χ1) is 10.1. The van der Waals surface area contributed by atoms with Gasteiger partial charge in [0.25, 0.3) is 0 Å². The van der Waals surface area contributed by atoms with Crippen molar-refractivity contribution in [3.8, 4) is 17.2 Å². The van der Waals surface area contributed by atoms with Crippen molar-refractivity contribution in [3.05, 3.63) is 17.4 Å². The maximum atomic E-state index is 13.9. The number of carboxylic acid groups (broad SMARTS) is 1. The van der Waals surface area contributed by atoms with Gasteiger partial charge in [-0.1, -0.05) is 0 Å². The van der Waals surface area contributed by atoms with E-state index in [1.54, 1.807) is 0 Å². The van der Waals surface area contributed by atoms with Crippen LogP contribution in [0.2, 0.25) is 0 Å². The Morgan fingerprint density at radius 1 is 1.38 bits per heavy atom. The summed E-state index contributed by atoms with van der Waals surface area (Å²) in [6.07, 6.45) is 0.925. The van der Waals surface area contributed by atoms with Crippen molar-refractivity contribution >= 4 is 5.97 Å². The van der Waals surface area contributed by atoms with Gasteiger partial charge in [-0.25, -0.2) is 4.39 Å². The highest BCUT2D eigenvalue weighted by Crippen LogP contribution is 2.46. The van der Waals surface area contributed by atoms with E-state index in [2.05, 4.69) is 5.32 Å². The van der Waals surface area contributed by atoms with E-state index in [0.717, 1.165) is 6.07 Å². The molecule has 2 atom stereocenters. The van der Waals surface area contributed by atoms with Gasteiger partial charge in [0.05, 0.1) is 24.7 Å². The Kier molecular flexibility index (Phi) is 3.59. The molecule has 7 heteroatoms. The van der Waals surface area contributed by atoms with Crippen molar-refractivity contribution < 1.29 is 28.9 Å². The standard InChI is InChI=1S/C14H16FNO5/c15-8-5-10-13(21-3-1-2-20-10)11(12(8)17)9-4-7(6-16-9)14(18)19/h5,7,9,16-17H,1-4,6H2,(H,18,19). The zero-order valence-corrected chi connectivity index (χ0v) is 11.3. The summed E-state index contributed by atoms with van der Waals surface area (Å²) in [5, 5.41) is 22.1. The number of fused-ring (bicyclic) bond motifs is 1. The molecule has 0 amide bonds. The molecule has 1 aromatic carbocycles. The van der Waals surface area contributed by atoms with Crippen LogP contribution in [0.4, 0.5) is 4.39 Å². The fourth-order valence-electron chi connectivity index (χ4n) is 2.76. The summed E-state index contributed by atoms with van der Waals surface area (Å²) in [6.45, 7) is 1.08. The van der Waals surface area contributed by atoms with Gasteiger partial charge in [-0.05, 0) is 6.42 Å². The van der Waals surface area contributed by atoms with E-state index in [0.29, 0.717) is 25.4 Å². The number of carbonyl (C=O) groups is 1. The van der Waals surface area contributed by atoms with Crippen LogP contribution >= 0.6 is 0 Å². The highest BCUT2D eigenvalue weighted by atomic mass is 19.1. The maximum absolute atomic E-state index is 13.9. The van der Waals surface area contributed by atoms with Gasteiger partial charge in [-0.15, -0.1) is 0 Å². The molecule has 21 heavy (non-hydrogen) atoms. The highest BCUT2D eigenvalue weighted by Gasteiger charge is 2.35. The van der Waals surface area contributed by atoms with Gasteiger partial charge in [0, 0.05) is 25.1 Å². The van der Waals surface area contributed by atoms with Crippen molar-refractivity contribution in [2.75, 3.05) is 19.8 Å². The Hall–Kier alpha value is -2.02. The molecule has 2 aliphatic heterocycles. The van der Waals surface area contributed by atoms with Crippen molar-refractivity contribution in [1.29, 1.82) is 0 Å². The molecule has 0 aromatic heterocycles. The SMILES string of the molecule is O=C(O)C1CNC(c2c(O)c(F)cc3c2OCCCO3)C1. The van der Waals surface area contributed by atoms with Crippen LogP contribution < -0.4 is 14.8 Å². The summed E-state index contributed by atoms with van der Waals surface area (Å²) in [6, 6.07) is 0.626. The average Bonchev–Trinajstić information content (AvgIpc) is 2.82. The molecule has 0 aliphatic carbocycles. The highest BCUT2D eigenvalue weighted by molar-refractivity contribution is 5.71. The molecule has 0 spiro atoms. The van der Waals surface area contributed by atoms with Crippen LogP contribution in [0.3, 0.4) is 0 Å². The first-order valence-electron chi connectivity index (χ1n) is 6.85. The van der Waals surface area contributed by atoms with Crippen LogP contribution in [0, 0.1) is 11.7 Å². The Bertz CT molecular complexity index is 577. The summed E-state index contributed by atoms with van der Waals surface area (Å²) < 4.78 is 24.9. The quantitative estimate of drug-likeness (QED) is 0.765. The molecule has 2 unspecified atom stereocenters. The largest absolute Gasteiger partial charge is 0.504 e. The lowest BCUT2D eigenvalue weighted by Crippen LogP contribution is -2.18. The monoisotopic (exact) mass is 297 g/mol. The van der Waals surface area contributed by atoms with Gasteiger partial charge in [0.15, 0.2) is 23.1 Å². The minimum atomic E-state index is -0.913. The molecular formula is C14H16FNO5. The van der Waals surface area contributed by atoms with Crippen molar-refractivity contribution in [1.82, 2.24) is 5.32 Å². The van der Waals surface area contributed by atoms with E-state index in [9.17, 15) is 14.3 Å². The van der Waals surface area contributed by atoms with E-state index in [1.165, 1.54) is 0 Å². The molecule has 1 aromatic rings. The molecule has 114 valence electrons. The summed E-state index contributed by atoms with van der Waals surface area (Å²) in [4.78, 5) is 11.0. The van der Waals surface area contributed by atoms with Crippen LogP contribution in [-0.2, 0) is 4.79 Å².